The Morgan fingerprint density at radius 1 is 1.29 bits per heavy atom. The molecule has 7 nitrogen and oxygen atoms in total. The van der Waals surface area contributed by atoms with Crippen LogP contribution in [-0.2, 0) is 14.9 Å². The molecule has 0 radical (unpaired) electrons. The van der Waals surface area contributed by atoms with Gasteiger partial charge in [0.05, 0.1) is 16.8 Å². The number of nitrogens with zero attached hydrogens (tertiary/aromatic N) is 1. The largest absolute Gasteiger partial charge is 0.380 e. The lowest BCUT2D eigenvalue weighted by Crippen LogP contribution is -2.41. The van der Waals surface area contributed by atoms with E-state index in [0.717, 1.165) is 0 Å². The minimum absolute atomic E-state index is 0.146. The van der Waals surface area contributed by atoms with Gasteiger partial charge in [-0.1, -0.05) is 25.4 Å². The molecule has 1 amide bonds. The van der Waals surface area contributed by atoms with Crippen LogP contribution >= 0.6 is 11.6 Å². The molecule has 0 saturated heterocycles. The van der Waals surface area contributed by atoms with Crippen molar-refractivity contribution in [2.24, 2.45) is 11.7 Å². The minimum atomic E-state index is -3.79. The van der Waals surface area contributed by atoms with Crippen LogP contribution in [0.4, 0.5) is 0 Å². The third kappa shape index (κ3) is 6.61. The quantitative estimate of drug-likeness (QED) is 0.445. The number of unbranched alkanes of at least 4 members (excludes halogenated alkanes) is 1. The van der Waals surface area contributed by atoms with Crippen molar-refractivity contribution in [2.45, 2.75) is 39.2 Å². The highest BCUT2D eigenvalue weighted by Gasteiger charge is 2.17. The van der Waals surface area contributed by atoms with Gasteiger partial charge in [0.2, 0.25) is 5.91 Å². The molecule has 3 N–H and O–H groups in total. The second-order valence-corrected chi connectivity index (χ2v) is 9.12. The predicted octanol–water partition coefficient (Wildman–Crippen LogP) is 2.87. The van der Waals surface area contributed by atoms with Crippen LogP contribution in [0.15, 0.2) is 30.5 Å². The van der Waals surface area contributed by atoms with Gasteiger partial charge in [0.1, 0.15) is 5.52 Å². The van der Waals surface area contributed by atoms with Gasteiger partial charge in [0.15, 0.2) is 5.75 Å². The average molecular weight is 428 g/mol. The molecule has 1 aromatic carbocycles. The van der Waals surface area contributed by atoms with Crippen molar-refractivity contribution < 1.29 is 17.4 Å². The summed E-state index contributed by atoms with van der Waals surface area (Å²) in [6.45, 7) is 4.36. The number of fused-ring (bicyclic) bond motifs is 1. The van der Waals surface area contributed by atoms with Crippen LogP contribution in [0.3, 0.4) is 0 Å². The fourth-order valence-electron chi connectivity index (χ4n) is 2.72. The monoisotopic (exact) mass is 427 g/mol. The molecule has 154 valence electrons. The van der Waals surface area contributed by atoms with Crippen molar-refractivity contribution >= 4 is 38.5 Å². The van der Waals surface area contributed by atoms with Crippen molar-refractivity contribution in [1.82, 2.24) is 10.3 Å². The summed E-state index contributed by atoms with van der Waals surface area (Å²) in [5, 5.41) is 3.82. The van der Waals surface area contributed by atoms with Gasteiger partial charge < -0.3 is 15.2 Å². The van der Waals surface area contributed by atoms with Crippen LogP contribution in [-0.4, -0.2) is 37.6 Å². The van der Waals surface area contributed by atoms with Crippen molar-refractivity contribution in [3.8, 4) is 5.75 Å². The molecule has 0 aliphatic carbocycles. The Balaban J connectivity index is 1.84. The number of nitrogens with one attached hydrogen (secondary N) is 1. The number of carbonyl (C=O) groups excluding carboxylic acids is 1. The molecule has 0 bridgehead atoms. The van der Waals surface area contributed by atoms with Gasteiger partial charge in [-0.2, -0.15) is 8.42 Å². The fraction of sp³-hybridized carbons (Fsp3) is 0.474. The van der Waals surface area contributed by atoms with Crippen LogP contribution in [0, 0.1) is 5.92 Å². The van der Waals surface area contributed by atoms with Crippen molar-refractivity contribution in [3.05, 3.63) is 35.5 Å². The summed E-state index contributed by atoms with van der Waals surface area (Å²) in [5.41, 5.74) is 6.19. The van der Waals surface area contributed by atoms with Gasteiger partial charge in [-0.15, -0.1) is 0 Å². The normalized spacial score (nSPS) is 12.9. The van der Waals surface area contributed by atoms with E-state index in [2.05, 4.69) is 10.3 Å². The molecule has 1 aromatic heterocycles. The Bertz CT molecular complexity index is 919. The number of carbonyl (C=O) groups is 1. The first kappa shape index (κ1) is 22.4. The first-order chi connectivity index (χ1) is 13.2. The molecule has 9 heteroatoms. The summed E-state index contributed by atoms with van der Waals surface area (Å²) in [5.74, 6) is 0.0960. The molecule has 1 atom stereocenters. The van der Waals surface area contributed by atoms with E-state index in [0.29, 0.717) is 47.7 Å². The van der Waals surface area contributed by atoms with E-state index in [-0.39, 0.29) is 17.4 Å². The third-order valence-corrected chi connectivity index (χ3v) is 5.63. The minimum Gasteiger partial charge on any atom is -0.380 e. The Morgan fingerprint density at radius 3 is 2.75 bits per heavy atom. The summed E-state index contributed by atoms with van der Waals surface area (Å²) in [7, 11) is -3.79. The van der Waals surface area contributed by atoms with E-state index < -0.39 is 16.2 Å². The van der Waals surface area contributed by atoms with E-state index in [9.17, 15) is 13.2 Å². The lowest BCUT2D eigenvalue weighted by Gasteiger charge is -2.14. The first-order valence-corrected chi connectivity index (χ1v) is 11.1. The maximum absolute atomic E-state index is 12.3. The third-order valence-electron chi connectivity index (χ3n) is 4.08. The highest BCUT2D eigenvalue weighted by atomic mass is 35.5. The molecule has 0 fully saturated rings. The standard InChI is InChI=1S/C19H26ClN3O4S/c1-13(2)12-16(21)19(24)23-9-3-4-11-28(25,26)27-17-8-7-15(20)14-6-5-10-22-18(14)17/h5-8,10,13,16H,3-4,9,11-12,21H2,1-2H3,(H,23,24)/t16-/m0/s1. The van der Waals surface area contributed by atoms with Gasteiger partial charge >= 0.3 is 10.1 Å². The summed E-state index contributed by atoms with van der Waals surface area (Å²) in [6, 6.07) is 5.99. The van der Waals surface area contributed by atoms with Crippen LogP contribution in [0.25, 0.3) is 10.9 Å². The Labute approximate surface area is 170 Å². The number of benzene rings is 1. The predicted molar refractivity (Wildman–Crippen MR) is 111 cm³/mol. The number of rotatable bonds is 10. The van der Waals surface area contributed by atoms with Crippen molar-refractivity contribution in [2.75, 3.05) is 12.3 Å². The summed E-state index contributed by atoms with van der Waals surface area (Å²) < 4.78 is 29.8. The highest BCUT2D eigenvalue weighted by Crippen LogP contribution is 2.30. The molecule has 28 heavy (non-hydrogen) atoms. The van der Waals surface area contributed by atoms with Crippen LogP contribution < -0.4 is 15.2 Å². The van der Waals surface area contributed by atoms with E-state index in [4.69, 9.17) is 21.5 Å². The van der Waals surface area contributed by atoms with Gasteiger partial charge in [-0.3, -0.25) is 9.78 Å². The fourth-order valence-corrected chi connectivity index (χ4v) is 3.98. The van der Waals surface area contributed by atoms with Crippen LogP contribution in [0.5, 0.6) is 5.75 Å². The van der Waals surface area contributed by atoms with Gasteiger partial charge in [0, 0.05) is 18.1 Å². The van der Waals surface area contributed by atoms with Gasteiger partial charge in [-0.05, 0) is 49.4 Å². The maximum Gasteiger partial charge on any atom is 0.309 e. The molecule has 0 unspecified atom stereocenters. The first-order valence-electron chi connectivity index (χ1n) is 9.18. The Kier molecular flexibility index (Phi) is 8.03. The molecule has 1 heterocycles. The zero-order valence-corrected chi connectivity index (χ0v) is 17.6. The number of nitrogens with two attached hydrogens (primary N) is 1. The molecule has 0 aliphatic heterocycles. The molecule has 2 aromatic rings. The van der Waals surface area contributed by atoms with Crippen molar-refractivity contribution in [3.63, 3.8) is 0 Å². The highest BCUT2D eigenvalue weighted by molar-refractivity contribution is 7.87. The van der Waals surface area contributed by atoms with E-state index in [1.807, 2.05) is 13.8 Å². The maximum atomic E-state index is 12.3. The second-order valence-electron chi connectivity index (χ2n) is 7.02. The van der Waals surface area contributed by atoms with Crippen LogP contribution in [0.2, 0.25) is 5.02 Å². The van der Waals surface area contributed by atoms with E-state index >= 15 is 0 Å². The summed E-state index contributed by atoms with van der Waals surface area (Å²) in [6.07, 6.45) is 3.01. The second kappa shape index (κ2) is 10.0. The van der Waals surface area contributed by atoms with E-state index in [1.54, 1.807) is 24.4 Å². The lowest BCUT2D eigenvalue weighted by atomic mass is 10.0. The van der Waals surface area contributed by atoms with Crippen LogP contribution in [0.1, 0.15) is 33.1 Å². The average Bonchev–Trinajstić information content (AvgIpc) is 2.63. The summed E-state index contributed by atoms with van der Waals surface area (Å²) >= 11 is 6.11. The van der Waals surface area contributed by atoms with Crippen molar-refractivity contribution in [1.29, 1.82) is 0 Å². The number of aromatic nitrogens is 1. The van der Waals surface area contributed by atoms with E-state index in [1.165, 1.54) is 6.07 Å². The zero-order valence-electron chi connectivity index (χ0n) is 16.0. The lowest BCUT2D eigenvalue weighted by molar-refractivity contribution is -0.122. The summed E-state index contributed by atoms with van der Waals surface area (Å²) in [4.78, 5) is 16.0. The Morgan fingerprint density at radius 2 is 2.04 bits per heavy atom. The number of hydrogen-bond donors (Lipinski definition) is 2. The number of hydrogen-bond acceptors (Lipinski definition) is 6. The molecule has 2 rings (SSSR count). The smallest absolute Gasteiger partial charge is 0.309 e. The zero-order chi connectivity index (χ0) is 20.7. The number of pyridine rings is 1. The molecule has 0 saturated carbocycles. The van der Waals surface area contributed by atoms with Gasteiger partial charge in [-0.25, -0.2) is 0 Å². The molecule has 0 aliphatic rings. The topological polar surface area (TPSA) is 111 Å². The number of halogens is 1. The molecular weight excluding hydrogens is 402 g/mol. The molecular formula is C19H26ClN3O4S. The Hall–Kier alpha value is -1.90. The van der Waals surface area contributed by atoms with Gasteiger partial charge in [0.25, 0.3) is 0 Å². The SMILES string of the molecule is CC(C)C[C@H](N)C(=O)NCCCCS(=O)(=O)Oc1ccc(Cl)c2cccnc12. The molecule has 0 spiro atoms. The number of amides is 1.